The highest BCUT2D eigenvalue weighted by Gasteiger charge is 2.35. The number of nitrogens with two attached hydrogens (primary N) is 1. The highest BCUT2D eigenvalue weighted by atomic mass is 19.4. The average molecular weight is 497 g/mol. The topological polar surface area (TPSA) is 100 Å². The number of nitrogens with zero attached hydrogens (tertiary/aromatic N) is 4. The molecule has 0 amide bonds. The van der Waals surface area contributed by atoms with Gasteiger partial charge in [0.05, 0.1) is 29.2 Å². The lowest BCUT2D eigenvalue weighted by atomic mass is 10.0. The lowest BCUT2D eigenvalue weighted by Crippen LogP contribution is -2.21. The van der Waals surface area contributed by atoms with Gasteiger partial charge in [-0.15, -0.1) is 0 Å². The van der Waals surface area contributed by atoms with Crippen LogP contribution in [0.3, 0.4) is 0 Å². The van der Waals surface area contributed by atoms with E-state index in [9.17, 15) is 18.4 Å². The number of aromatic nitrogens is 2. The Labute approximate surface area is 207 Å². The number of ether oxygens (including phenoxy) is 1. The highest BCUT2D eigenvalue weighted by Crippen LogP contribution is 2.39. The number of hydrogen-bond acceptors (Lipinski definition) is 7. The lowest BCUT2D eigenvalue weighted by Gasteiger charge is -2.18. The van der Waals surface area contributed by atoms with Crippen molar-refractivity contribution in [1.29, 1.82) is 5.26 Å². The smallest absolute Gasteiger partial charge is 0.419 e. The molecule has 7 nitrogen and oxygen atoms in total. The molecule has 3 aromatic rings. The van der Waals surface area contributed by atoms with Gasteiger partial charge in [0, 0.05) is 31.9 Å². The maximum atomic E-state index is 13.9. The molecule has 1 unspecified atom stereocenters. The predicted molar refractivity (Wildman–Crippen MR) is 133 cm³/mol. The standard InChI is InChI=1S/C26H27F3N6O/c1-16-3-6-24(33-14-16)35-9-7-17(15-35)8-10-36-23-5-4-18(11-19(23)26(27,28)29)20-12-21(32-2)25(31)22(13-30)34-20/h3-6,11-12,14,17H,7-10,15,31H2,1-2H3,(H,32,34). The Morgan fingerprint density at radius 3 is 2.72 bits per heavy atom. The van der Waals surface area contributed by atoms with Crippen molar-refractivity contribution in [3.05, 3.63) is 59.4 Å². The van der Waals surface area contributed by atoms with E-state index in [0.29, 0.717) is 18.0 Å². The zero-order chi connectivity index (χ0) is 25.9. The van der Waals surface area contributed by atoms with Crippen LogP contribution < -0.4 is 20.7 Å². The number of pyridine rings is 2. The minimum absolute atomic E-state index is 0.0582. The fourth-order valence-corrected chi connectivity index (χ4v) is 4.29. The summed E-state index contributed by atoms with van der Waals surface area (Å²) in [4.78, 5) is 10.8. The van der Waals surface area contributed by atoms with Gasteiger partial charge in [0.15, 0.2) is 5.69 Å². The van der Waals surface area contributed by atoms with E-state index in [-0.39, 0.29) is 35.0 Å². The normalized spacial score (nSPS) is 15.6. The van der Waals surface area contributed by atoms with Gasteiger partial charge in [-0.25, -0.2) is 9.97 Å². The lowest BCUT2D eigenvalue weighted by molar-refractivity contribution is -0.138. The maximum Gasteiger partial charge on any atom is 0.419 e. The second-order valence-corrected chi connectivity index (χ2v) is 8.82. The molecule has 1 aliphatic heterocycles. The van der Waals surface area contributed by atoms with E-state index in [4.69, 9.17) is 10.5 Å². The first kappa shape index (κ1) is 25.1. The molecule has 1 aromatic carbocycles. The number of rotatable bonds is 7. The number of nitrogens with one attached hydrogen (secondary N) is 1. The van der Waals surface area contributed by atoms with Crippen LogP contribution in [-0.4, -0.2) is 36.7 Å². The van der Waals surface area contributed by atoms with Crippen molar-refractivity contribution in [3.8, 4) is 23.1 Å². The molecule has 1 saturated heterocycles. The van der Waals surface area contributed by atoms with Gasteiger partial charge >= 0.3 is 6.18 Å². The number of anilines is 3. The largest absolute Gasteiger partial charge is 0.493 e. The predicted octanol–water partition coefficient (Wildman–Crippen LogP) is 5.26. The van der Waals surface area contributed by atoms with E-state index < -0.39 is 11.7 Å². The Morgan fingerprint density at radius 2 is 2.06 bits per heavy atom. The van der Waals surface area contributed by atoms with Crippen molar-refractivity contribution in [2.75, 3.05) is 42.7 Å². The van der Waals surface area contributed by atoms with Crippen LogP contribution in [0.25, 0.3) is 11.3 Å². The summed E-state index contributed by atoms with van der Waals surface area (Å²) in [5.74, 6) is 0.993. The van der Waals surface area contributed by atoms with Crippen LogP contribution in [-0.2, 0) is 6.18 Å². The first-order valence-electron chi connectivity index (χ1n) is 11.6. The van der Waals surface area contributed by atoms with E-state index in [1.165, 1.54) is 18.2 Å². The Bertz CT molecular complexity index is 1270. The van der Waals surface area contributed by atoms with Crippen molar-refractivity contribution in [1.82, 2.24) is 9.97 Å². The second-order valence-electron chi connectivity index (χ2n) is 8.82. The fraction of sp³-hybridized carbons (Fsp3) is 0.346. The molecule has 1 atom stereocenters. The molecule has 0 aliphatic carbocycles. The van der Waals surface area contributed by atoms with E-state index in [0.717, 1.165) is 37.0 Å². The zero-order valence-electron chi connectivity index (χ0n) is 20.1. The summed E-state index contributed by atoms with van der Waals surface area (Å²) >= 11 is 0. The van der Waals surface area contributed by atoms with Crippen molar-refractivity contribution in [3.63, 3.8) is 0 Å². The van der Waals surface area contributed by atoms with Crippen molar-refractivity contribution in [2.45, 2.75) is 25.9 Å². The summed E-state index contributed by atoms with van der Waals surface area (Å²) < 4.78 is 47.3. The third kappa shape index (κ3) is 5.46. The molecule has 4 rings (SSSR count). The van der Waals surface area contributed by atoms with Crippen molar-refractivity contribution in [2.24, 2.45) is 5.92 Å². The van der Waals surface area contributed by atoms with Gasteiger partial charge < -0.3 is 20.7 Å². The van der Waals surface area contributed by atoms with Crippen LogP contribution in [0.5, 0.6) is 5.75 Å². The van der Waals surface area contributed by atoms with Crippen LogP contribution >= 0.6 is 0 Å². The SMILES string of the molecule is CNc1cc(-c2ccc(OCCC3CCN(c4ccc(C)cn4)C3)c(C(F)(F)F)c2)nc(C#N)c1N. The van der Waals surface area contributed by atoms with Gasteiger partial charge in [-0.05, 0) is 61.6 Å². The molecule has 1 aliphatic rings. The summed E-state index contributed by atoms with van der Waals surface area (Å²) in [7, 11) is 1.61. The summed E-state index contributed by atoms with van der Waals surface area (Å²) in [5.41, 5.74) is 6.99. The number of nitrogen functional groups attached to an aromatic ring is 1. The average Bonchev–Trinajstić information content (AvgIpc) is 3.33. The zero-order valence-corrected chi connectivity index (χ0v) is 20.1. The highest BCUT2D eigenvalue weighted by molar-refractivity contribution is 5.77. The molecule has 3 heterocycles. The van der Waals surface area contributed by atoms with Crippen LogP contribution in [0.2, 0.25) is 0 Å². The van der Waals surface area contributed by atoms with E-state index >= 15 is 0 Å². The van der Waals surface area contributed by atoms with Crippen LogP contribution in [0.1, 0.15) is 29.7 Å². The summed E-state index contributed by atoms with van der Waals surface area (Å²) in [6, 6.07) is 11.2. The Kier molecular flexibility index (Phi) is 7.20. The Hall–Kier alpha value is -4.00. The molecule has 2 aromatic heterocycles. The first-order valence-corrected chi connectivity index (χ1v) is 11.6. The third-order valence-corrected chi connectivity index (χ3v) is 6.30. The number of halogens is 3. The molecule has 0 radical (unpaired) electrons. The molecule has 3 N–H and O–H groups in total. The van der Waals surface area contributed by atoms with E-state index in [2.05, 4.69) is 20.2 Å². The van der Waals surface area contributed by atoms with E-state index in [1.807, 2.05) is 31.3 Å². The molecular formula is C26H27F3N6O. The van der Waals surface area contributed by atoms with Crippen LogP contribution in [0.15, 0.2) is 42.6 Å². The first-order chi connectivity index (χ1) is 17.2. The van der Waals surface area contributed by atoms with Crippen LogP contribution in [0.4, 0.5) is 30.4 Å². The van der Waals surface area contributed by atoms with Gasteiger partial charge in [0.2, 0.25) is 0 Å². The molecule has 188 valence electrons. The maximum absolute atomic E-state index is 13.9. The molecular weight excluding hydrogens is 469 g/mol. The van der Waals surface area contributed by atoms with Gasteiger partial charge in [-0.1, -0.05) is 6.07 Å². The van der Waals surface area contributed by atoms with Gasteiger partial charge in [-0.2, -0.15) is 18.4 Å². The molecule has 0 saturated carbocycles. The number of alkyl halides is 3. The van der Waals surface area contributed by atoms with E-state index in [1.54, 1.807) is 7.05 Å². The van der Waals surface area contributed by atoms with Gasteiger partial charge in [0.25, 0.3) is 0 Å². The van der Waals surface area contributed by atoms with Crippen molar-refractivity contribution < 1.29 is 17.9 Å². The summed E-state index contributed by atoms with van der Waals surface area (Å²) in [5, 5.41) is 12.1. The van der Waals surface area contributed by atoms with Crippen LogP contribution in [0, 0.1) is 24.2 Å². The minimum Gasteiger partial charge on any atom is -0.493 e. The summed E-state index contributed by atoms with van der Waals surface area (Å²) in [6.45, 7) is 3.81. The number of aryl methyl sites for hydroxylation is 1. The Balaban J connectivity index is 1.47. The van der Waals surface area contributed by atoms with Gasteiger partial charge in [-0.3, -0.25) is 0 Å². The second kappa shape index (κ2) is 10.3. The third-order valence-electron chi connectivity index (χ3n) is 6.30. The minimum atomic E-state index is -4.62. The molecule has 0 bridgehead atoms. The molecule has 1 fully saturated rings. The van der Waals surface area contributed by atoms with Crippen molar-refractivity contribution >= 4 is 17.2 Å². The number of benzene rings is 1. The molecule has 0 spiro atoms. The van der Waals surface area contributed by atoms with Gasteiger partial charge in [0.1, 0.15) is 17.6 Å². The molecule has 10 heteroatoms. The monoisotopic (exact) mass is 496 g/mol. The number of nitriles is 1. The quantitative estimate of drug-likeness (QED) is 0.460. The Morgan fingerprint density at radius 1 is 1.25 bits per heavy atom. The summed E-state index contributed by atoms with van der Waals surface area (Å²) in [6.07, 6.45) is -1.22. The fourth-order valence-electron chi connectivity index (χ4n) is 4.29. The number of hydrogen-bond donors (Lipinski definition) is 2. The molecule has 36 heavy (non-hydrogen) atoms.